The summed E-state index contributed by atoms with van der Waals surface area (Å²) in [5.41, 5.74) is 0.853. The van der Waals surface area contributed by atoms with Crippen LogP contribution >= 0.6 is 11.6 Å². The van der Waals surface area contributed by atoms with Crippen molar-refractivity contribution in [2.24, 2.45) is 13.0 Å². The molecule has 21 heavy (non-hydrogen) atoms. The van der Waals surface area contributed by atoms with Gasteiger partial charge in [0.25, 0.3) is 0 Å². The molecule has 1 aliphatic carbocycles. The van der Waals surface area contributed by atoms with Gasteiger partial charge >= 0.3 is 0 Å². The lowest BCUT2D eigenvalue weighted by molar-refractivity contribution is -0.121. The van der Waals surface area contributed by atoms with Gasteiger partial charge < -0.3 is 9.88 Å². The summed E-state index contributed by atoms with van der Waals surface area (Å²) in [5.74, 6) is 1.41. The molecule has 1 N–H and O–H groups in total. The molecule has 0 bridgehead atoms. The minimum absolute atomic E-state index is 0.0000113. The van der Waals surface area contributed by atoms with Crippen LogP contribution in [0.25, 0.3) is 0 Å². The summed E-state index contributed by atoms with van der Waals surface area (Å²) in [7, 11) is 1.96. The van der Waals surface area contributed by atoms with Crippen LogP contribution in [0.2, 0.25) is 5.02 Å². The molecule has 1 saturated carbocycles. The van der Waals surface area contributed by atoms with E-state index in [1.807, 2.05) is 36.0 Å². The first-order valence-corrected chi connectivity index (χ1v) is 7.53. The molecule has 2 aromatic rings. The van der Waals surface area contributed by atoms with E-state index < -0.39 is 0 Å². The molecule has 0 unspecified atom stereocenters. The van der Waals surface area contributed by atoms with Crippen LogP contribution in [0, 0.1) is 5.92 Å². The Labute approximate surface area is 129 Å². The summed E-state index contributed by atoms with van der Waals surface area (Å²) in [5, 5.41) is 3.75. The van der Waals surface area contributed by atoms with Crippen LogP contribution in [0.15, 0.2) is 36.7 Å². The van der Waals surface area contributed by atoms with E-state index in [-0.39, 0.29) is 11.9 Å². The van der Waals surface area contributed by atoms with Crippen molar-refractivity contribution in [1.82, 2.24) is 14.9 Å². The van der Waals surface area contributed by atoms with Crippen LogP contribution in [0.5, 0.6) is 0 Å². The molecule has 1 atom stereocenters. The number of aryl methyl sites for hydroxylation is 1. The number of rotatable bonds is 5. The normalized spacial score (nSPS) is 15.7. The summed E-state index contributed by atoms with van der Waals surface area (Å²) >= 11 is 6.11. The third-order valence-electron chi connectivity index (χ3n) is 3.86. The van der Waals surface area contributed by atoms with Gasteiger partial charge in [-0.3, -0.25) is 4.79 Å². The van der Waals surface area contributed by atoms with Crippen LogP contribution in [0.4, 0.5) is 0 Å². The molecule has 0 spiro atoms. The second kappa shape index (κ2) is 5.90. The van der Waals surface area contributed by atoms with E-state index in [2.05, 4.69) is 10.3 Å². The van der Waals surface area contributed by atoms with Crippen LogP contribution in [0.3, 0.4) is 0 Å². The quantitative estimate of drug-likeness (QED) is 0.923. The van der Waals surface area contributed by atoms with Crippen molar-refractivity contribution in [3.05, 3.63) is 53.1 Å². The fraction of sp³-hybridized carbons (Fsp3) is 0.375. The number of amides is 1. The van der Waals surface area contributed by atoms with E-state index >= 15 is 0 Å². The Balaban J connectivity index is 1.70. The minimum Gasteiger partial charge on any atom is -0.346 e. The Kier molecular flexibility index (Phi) is 3.97. The maximum absolute atomic E-state index is 12.3. The number of halogens is 1. The van der Waals surface area contributed by atoms with Gasteiger partial charge in [-0.25, -0.2) is 4.98 Å². The van der Waals surface area contributed by atoms with Crippen LogP contribution < -0.4 is 5.32 Å². The lowest BCUT2D eigenvalue weighted by Crippen LogP contribution is -2.32. The summed E-state index contributed by atoms with van der Waals surface area (Å²) in [6.07, 6.45) is 6.26. The lowest BCUT2D eigenvalue weighted by Gasteiger charge is -2.18. The van der Waals surface area contributed by atoms with Gasteiger partial charge in [0.15, 0.2) is 0 Å². The summed E-state index contributed by atoms with van der Waals surface area (Å²) in [6.45, 7) is 0. The molecule has 1 aromatic heterocycles. The second-order valence-corrected chi connectivity index (χ2v) is 5.95. The second-order valence-electron chi connectivity index (χ2n) is 5.55. The first-order valence-electron chi connectivity index (χ1n) is 7.15. The average molecular weight is 304 g/mol. The predicted octanol–water partition coefficient (Wildman–Crippen LogP) is 2.88. The molecule has 5 heteroatoms. The summed E-state index contributed by atoms with van der Waals surface area (Å²) in [4.78, 5) is 16.7. The summed E-state index contributed by atoms with van der Waals surface area (Å²) < 4.78 is 1.97. The van der Waals surface area contributed by atoms with E-state index in [9.17, 15) is 4.79 Å². The molecule has 4 nitrogen and oxygen atoms in total. The van der Waals surface area contributed by atoms with Crippen LogP contribution in [-0.4, -0.2) is 15.5 Å². The SMILES string of the molecule is Cn1ccnc1[C@H](NC(=O)Cc1ccccc1Cl)C1CC1. The number of benzene rings is 1. The molecule has 1 heterocycles. The predicted molar refractivity (Wildman–Crippen MR) is 82.0 cm³/mol. The van der Waals surface area contributed by atoms with E-state index in [1.54, 1.807) is 12.3 Å². The van der Waals surface area contributed by atoms with Crippen molar-refractivity contribution in [1.29, 1.82) is 0 Å². The Morgan fingerprint density at radius 2 is 2.24 bits per heavy atom. The highest BCUT2D eigenvalue weighted by atomic mass is 35.5. The Bertz CT molecular complexity index is 648. The van der Waals surface area contributed by atoms with Crippen molar-refractivity contribution in [3.8, 4) is 0 Å². The first kappa shape index (κ1) is 14.1. The van der Waals surface area contributed by atoms with Gasteiger partial charge in [-0.2, -0.15) is 0 Å². The molecule has 3 rings (SSSR count). The smallest absolute Gasteiger partial charge is 0.225 e. The van der Waals surface area contributed by atoms with Crippen molar-refractivity contribution in [2.45, 2.75) is 25.3 Å². The monoisotopic (exact) mass is 303 g/mol. The molecular weight excluding hydrogens is 286 g/mol. The molecule has 1 amide bonds. The van der Waals surface area contributed by atoms with Gasteiger partial charge in [0, 0.05) is 24.5 Å². The molecule has 0 radical (unpaired) electrons. The van der Waals surface area contributed by atoms with Crippen molar-refractivity contribution in [3.63, 3.8) is 0 Å². The number of hydrogen-bond donors (Lipinski definition) is 1. The highest BCUT2D eigenvalue weighted by Crippen LogP contribution is 2.40. The number of aromatic nitrogens is 2. The van der Waals surface area contributed by atoms with Gasteiger partial charge in [0.2, 0.25) is 5.91 Å². The molecule has 1 fully saturated rings. The molecule has 0 saturated heterocycles. The molecule has 1 aromatic carbocycles. The van der Waals surface area contributed by atoms with E-state index in [0.717, 1.165) is 24.2 Å². The maximum Gasteiger partial charge on any atom is 0.225 e. The van der Waals surface area contributed by atoms with Gasteiger partial charge in [-0.15, -0.1) is 0 Å². The standard InChI is InChI=1S/C16H18ClN3O/c1-20-9-8-18-16(20)15(11-6-7-11)19-14(21)10-12-4-2-3-5-13(12)17/h2-5,8-9,11,15H,6-7,10H2,1H3,(H,19,21)/t15-/m1/s1. The minimum atomic E-state index is -0.0111. The topological polar surface area (TPSA) is 46.9 Å². The van der Waals surface area contributed by atoms with E-state index in [0.29, 0.717) is 17.4 Å². The molecule has 1 aliphatic rings. The number of carbonyl (C=O) groups is 1. The zero-order chi connectivity index (χ0) is 14.8. The third kappa shape index (κ3) is 3.27. The average Bonchev–Trinajstić information content (AvgIpc) is 3.21. The fourth-order valence-electron chi connectivity index (χ4n) is 2.54. The van der Waals surface area contributed by atoms with Crippen LogP contribution in [0.1, 0.15) is 30.3 Å². The number of nitrogens with one attached hydrogen (secondary N) is 1. The number of imidazole rings is 1. The maximum atomic E-state index is 12.3. The Hall–Kier alpha value is -1.81. The van der Waals surface area contributed by atoms with E-state index in [1.165, 1.54) is 0 Å². The fourth-order valence-corrected chi connectivity index (χ4v) is 2.74. The van der Waals surface area contributed by atoms with Gasteiger partial charge in [-0.1, -0.05) is 29.8 Å². The number of nitrogens with zero attached hydrogens (tertiary/aromatic N) is 2. The van der Waals surface area contributed by atoms with E-state index in [4.69, 9.17) is 11.6 Å². The lowest BCUT2D eigenvalue weighted by atomic mass is 10.1. The van der Waals surface area contributed by atoms with Gasteiger partial charge in [0.05, 0.1) is 12.5 Å². The zero-order valence-electron chi connectivity index (χ0n) is 11.9. The third-order valence-corrected chi connectivity index (χ3v) is 4.22. The number of carbonyl (C=O) groups excluding carboxylic acids is 1. The summed E-state index contributed by atoms with van der Waals surface area (Å²) in [6, 6.07) is 7.45. The highest BCUT2D eigenvalue weighted by Gasteiger charge is 2.35. The van der Waals surface area contributed by atoms with Crippen molar-refractivity contribution in [2.75, 3.05) is 0 Å². The zero-order valence-corrected chi connectivity index (χ0v) is 12.7. The number of hydrogen-bond acceptors (Lipinski definition) is 2. The van der Waals surface area contributed by atoms with Crippen molar-refractivity contribution >= 4 is 17.5 Å². The van der Waals surface area contributed by atoms with Crippen molar-refractivity contribution < 1.29 is 4.79 Å². The Morgan fingerprint density at radius 1 is 1.48 bits per heavy atom. The Morgan fingerprint density at radius 3 is 2.86 bits per heavy atom. The highest BCUT2D eigenvalue weighted by molar-refractivity contribution is 6.31. The first-order chi connectivity index (χ1) is 10.1. The largest absolute Gasteiger partial charge is 0.346 e. The van der Waals surface area contributed by atoms with Gasteiger partial charge in [0.1, 0.15) is 5.82 Å². The molecular formula is C16H18ClN3O. The molecule has 0 aliphatic heterocycles. The van der Waals surface area contributed by atoms with Crippen LogP contribution in [-0.2, 0) is 18.3 Å². The van der Waals surface area contributed by atoms with Gasteiger partial charge in [-0.05, 0) is 30.4 Å². The molecule has 110 valence electrons.